The second-order valence-corrected chi connectivity index (χ2v) is 8.29. The summed E-state index contributed by atoms with van der Waals surface area (Å²) in [6.45, 7) is 1.02. The Hall–Kier alpha value is -1.92. The van der Waals surface area contributed by atoms with E-state index in [0.29, 0.717) is 13.1 Å². The fourth-order valence-electron chi connectivity index (χ4n) is 3.16. The first-order valence-electron chi connectivity index (χ1n) is 8.14. The Morgan fingerprint density at radius 1 is 1.08 bits per heavy atom. The van der Waals surface area contributed by atoms with Crippen molar-refractivity contribution >= 4 is 10.0 Å². The Morgan fingerprint density at radius 3 is 2.38 bits per heavy atom. The molecule has 2 heterocycles. The van der Waals surface area contributed by atoms with Gasteiger partial charge in [-0.05, 0) is 36.0 Å². The summed E-state index contributed by atoms with van der Waals surface area (Å²) in [5.41, 5.74) is 1.80. The Bertz CT molecular complexity index is 851. The van der Waals surface area contributed by atoms with Crippen molar-refractivity contribution in [1.29, 1.82) is 0 Å². The molecule has 1 aliphatic rings. The molecule has 0 spiro atoms. The summed E-state index contributed by atoms with van der Waals surface area (Å²) in [6, 6.07) is 12.9. The summed E-state index contributed by atoms with van der Waals surface area (Å²) in [6.07, 6.45) is 3.28. The largest absolute Gasteiger partial charge is 0.319 e. The van der Waals surface area contributed by atoms with Crippen LogP contribution in [0.1, 0.15) is 29.9 Å². The third-order valence-electron chi connectivity index (χ3n) is 4.64. The van der Waals surface area contributed by atoms with Gasteiger partial charge in [0.05, 0.1) is 5.75 Å². The predicted molar refractivity (Wildman–Crippen MR) is 94.3 cm³/mol. The standard InChI is InChI=1S/C18H22N2O3S/c1-19-10-7-17(13-18(19)21)16-8-11-20(12-9-16)24(22,23)14-15-5-3-2-4-6-15/h2-7,10,13,16H,8-9,11-12,14H2,1H3. The van der Waals surface area contributed by atoms with Crippen LogP contribution < -0.4 is 5.56 Å². The molecule has 1 aromatic carbocycles. The van der Waals surface area contributed by atoms with Gasteiger partial charge >= 0.3 is 0 Å². The number of nitrogens with zero attached hydrogens (tertiary/aromatic N) is 2. The van der Waals surface area contributed by atoms with Crippen molar-refractivity contribution in [3.63, 3.8) is 0 Å². The van der Waals surface area contributed by atoms with E-state index in [-0.39, 0.29) is 17.2 Å². The van der Waals surface area contributed by atoms with Gasteiger partial charge < -0.3 is 4.57 Å². The molecule has 3 rings (SSSR count). The second-order valence-electron chi connectivity index (χ2n) is 6.32. The topological polar surface area (TPSA) is 59.4 Å². The zero-order valence-corrected chi connectivity index (χ0v) is 14.6. The molecule has 5 nitrogen and oxygen atoms in total. The van der Waals surface area contributed by atoms with Crippen LogP contribution in [0, 0.1) is 0 Å². The maximum absolute atomic E-state index is 12.6. The van der Waals surface area contributed by atoms with Crippen molar-refractivity contribution in [2.45, 2.75) is 24.5 Å². The summed E-state index contributed by atoms with van der Waals surface area (Å²) in [4.78, 5) is 11.8. The summed E-state index contributed by atoms with van der Waals surface area (Å²) < 4.78 is 28.3. The number of rotatable bonds is 4. The van der Waals surface area contributed by atoms with Crippen molar-refractivity contribution in [1.82, 2.24) is 8.87 Å². The van der Waals surface area contributed by atoms with E-state index in [1.54, 1.807) is 28.2 Å². The molecule has 0 amide bonds. The number of piperidine rings is 1. The number of aryl methyl sites for hydroxylation is 1. The van der Waals surface area contributed by atoms with Crippen molar-refractivity contribution in [2.75, 3.05) is 13.1 Å². The Balaban J connectivity index is 1.66. The number of hydrogen-bond donors (Lipinski definition) is 0. The van der Waals surface area contributed by atoms with Gasteiger partial charge in [0.15, 0.2) is 0 Å². The van der Waals surface area contributed by atoms with Crippen molar-refractivity contribution in [3.05, 3.63) is 70.1 Å². The summed E-state index contributed by atoms with van der Waals surface area (Å²) >= 11 is 0. The molecule has 0 bridgehead atoms. The minimum Gasteiger partial charge on any atom is -0.319 e. The maximum atomic E-state index is 12.6. The van der Waals surface area contributed by atoms with Crippen molar-refractivity contribution in [3.8, 4) is 0 Å². The molecule has 0 atom stereocenters. The highest BCUT2D eigenvalue weighted by atomic mass is 32.2. The molecular weight excluding hydrogens is 324 g/mol. The zero-order valence-electron chi connectivity index (χ0n) is 13.8. The highest BCUT2D eigenvalue weighted by Gasteiger charge is 2.28. The first-order chi connectivity index (χ1) is 11.5. The number of aromatic nitrogens is 1. The molecule has 2 aromatic rings. The fraction of sp³-hybridized carbons (Fsp3) is 0.389. The van der Waals surface area contributed by atoms with Crippen molar-refractivity contribution in [2.24, 2.45) is 7.05 Å². The van der Waals surface area contributed by atoms with Crippen LogP contribution in [-0.2, 0) is 22.8 Å². The summed E-state index contributed by atoms with van der Waals surface area (Å²) in [5, 5.41) is 0. The van der Waals surface area contributed by atoms with Gasteiger partial charge in [-0.25, -0.2) is 12.7 Å². The molecule has 6 heteroatoms. The Morgan fingerprint density at radius 2 is 1.75 bits per heavy atom. The molecular formula is C18H22N2O3S. The van der Waals surface area contributed by atoms with Crippen LogP contribution in [0.15, 0.2) is 53.5 Å². The molecule has 1 fully saturated rings. The number of hydrogen-bond acceptors (Lipinski definition) is 3. The smallest absolute Gasteiger partial charge is 0.250 e. The van der Waals surface area contributed by atoms with Gasteiger partial charge in [-0.3, -0.25) is 4.79 Å². The second kappa shape index (κ2) is 6.91. The molecule has 0 unspecified atom stereocenters. The molecule has 24 heavy (non-hydrogen) atoms. The van der Waals surface area contributed by atoms with Crippen LogP contribution >= 0.6 is 0 Å². The van der Waals surface area contributed by atoms with Crippen LogP contribution in [0.25, 0.3) is 0 Å². The molecule has 1 saturated heterocycles. The highest BCUT2D eigenvalue weighted by molar-refractivity contribution is 7.88. The summed E-state index contributed by atoms with van der Waals surface area (Å²) in [5.74, 6) is 0.298. The van der Waals surface area contributed by atoms with Gasteiger partial charge in [0.1, 0.15) is 0 Å². The Kier molecular flexibility index (Phi) is 4.87. The Labute approximate surface area is 142 Å². The van der Waals surface area contributed by atoms with Gasteiger partial charge in [0, 0.05) is 32.4 Å². The minimum atomic E-state index is -3.29. The van der Waals surface area contributed by atoms with E-state index in [4.69, 9.17) is 0 Å². The van der Waals surface area contributed by atoms with E-state index >= 15 is 0 Å². The fourth-order valence-corrected chi connectivity index (χ4v) is 4.72. The van der Waals surface area contributed by atoms with Gasteiger partial charge in [-0.2, -0.15) is 0 Å². The van der Waals surface area contributed by atoms with E-state index in [9.17, 15) is 13.2 Å². The third-order valence-corrected chi connectivity index (χ3v) is 6.49. The van der Waals surface area contributed by atoms with Gasteiger partial charge in [-0.1, -0.05) is 30.3 Å². The highest BCUT2D eigenvalue weighted by Crippen LogP contribution is 2.29. The lowest BCUT2D eigenvalue weighted by molar-refractivity contribution is 0.319. The van der Waals surface area contributed by atoms with Crippen LogP contribution in [0.5, 0.6) is 0 Å². The first-order valence-corrected chi connectivity index (χ1v) is 9.75. The predicted octanol–water partition coefficient (Wildman–Crippen LogP) is 2.09. The summed E-state index contributed by atoms with van der Waals surface area (Å²) in [7, 11) is -1.56. The van der Waals surface area contributed by atoms with Crippen LogP contribution in [0.2, 0.25) is 0 Å². The molecule has 1 aromatic heterocycles. The zero-order chi connectivity index (χ0) is 17.2. The van der Waals surface area contributed by atoms with E-state index < -0.39 is 10.0 Å². The normalized spacial score (nSPS) is 17.0. The molecule has 0 aliphatic carbocycles. The van der Waals surface area contributed by atoms with E-state index in [1.807, 2.05) is 36.4 Å². The van der Waals surface area contributed by atoms with Crippen molar-refractivity contribution < 1.29 is 8.42 Å². The van der Waals surface area contributed by atoms with E-state index in [2.05, 4.69) is 0 Å². The molecule has 0 radical (unpaired) electrons. The maximum Gasteiger partial charge on any atom is 0.250 e. The van der Waals surface area contributed by atoms with Crippen LogP contribution in [0.4, 0.5) is 0 Å². The molecule has 1 aliphatic heterocycles. The average Bonchev–Trinajstić information content (AvgIpc) is 2.58. The number of pyridine rings is 1. The van der Waals surface area contributed by atoms with Gasteiger partial charge in [0.2, 0.25) is 10.0 Å². The monoisotopic (exact) mass is 346 g/mol. The van der Waals surface area contributed by atoms with Gasteiger partial charge in [0.25, 0.3) is 5.56 Å². The van der Waals surface area contributed by atoms with Crippen LogP contribution in [0.3, 0.4) is 0 Å². The molecule has 128 valence electrons. The first kappa shape index (κ1) is 16.9. The number of benzene rings is 1. The lowest BCUT2D eigenvalue weighted by Gasteiger charge is -2.31. The SMILES string of the molecule is Cn1ccc(C2CCN(S(=O)(=O)Cc3ccccc3)CC2)cc1=O. The number of sulfonamides is 1. The quantitative estimate of drug-likeness (QED) is 0.852. The molecule has 0 saturated carbocycles. The van der Waals surface area contributed by atoms with E-state index in [0.717, 1.165) is 24.0 Å². The molecule has 0 N–H and O–H groups in total. The average molecular weight is 346 g/mol. The third kappa shape index (κ3) is 3.76. The minimum absolute atomic E-state index is 0.0216. The lowest BCUT2D eigenvalue weighted by atomic mass is 9.91. The van der Waals surface area contributed by atoms with E-state index in [1.165, 1.54) is 0 Å². The van der Waals surface area contributed by atoms with Crippen LogP contribution in [-0.4, -0.2) is 30.4 Å². The lowest BCUT2D eigenvalue weighted by Crippen LogP contribution is -2.38. The van der Waals surface area contributed by atoms with Gasteiger partial charge in [-0.15, -0.1) is 0 Å².